The van der Waals surface area contributed by atoms with Gasteiger partial charge in [0, 0.05) is 36.8 Å². The van der Waals surface area contributed by atoms with Crippen LogP contribution >= 0.6 is 28.3 Å². The van der Waals surface area contributed by atoms with E-state index in [0.717, 1.165) is 0 Å². The summed E-state index contributed by atoms with van der Waals surface area (Å²) in [6, 6.07) is 2.95. The molecule has 132 valence electrons. The van der Waals surface area contributed by atoms with Crippen LogP contribution in [0.3, 0.4) is 0 Å². The van der Waals surface area contributed by atoms with Crippen LogP contribution in [0.5, 0.6) is 0 Å². The highest BCUT2D eigenvalue weighted by Crippen LogP contribution is 2.23. The van der Waals surface area contributed by atoms with Crippen molar-refractivity contribution in [2.75, 3.05) is 33.4 Å². The van der Waals surface area contributed by atoms with Crippen molar-refractivity contribution < 1.29 is 17.9 Å². The summed E-state index contributed by atoms with van der Waals surface area (Å²) in [5.41, 5.74) is 0.603. The predicted molar refractivity (Wildman–Crippen MR) is 94.6 cm³/mol. The lowest BCUT2D eigenvalue weighted by Gasteiger charge is -2.12. The van der Waals surface area contributed by atoms with Crippen molar-refractivity contribution >= 4 is 44.3 Å². The molecule has 7 nitrogen and oxygen atoms in total. The molecule has 0 atom stereocenters. The average Bonchev–Trinajstić information content (AvgIpc) is 2.43. The molecule has 0 spiro atoms. The summed E-state index contributed by atoms with van der Waals surface area (Å²) in [7, 11) is -2.27. The standard InChI is InChI=1S/C13H20BrN3O4S.ClH/c1-9-11(7-10(14)8-12(9)22(15,19)20)13(18)17-4-3-16-5-6-21-2;/h7-8,16H,3-6H2,1-2H3,(H,17,18)(H2,15,19,20);1H. The molecule has 0 aromatic heterocycles. The highest BCUT2D eigenvalue weighted by molar-refractivity contribution is 9.10. The van der Waals surface area contributed by atoms with Gasteiger partial charge < -0.3 is 15.4 Å². The van der Waals surface area contributed by atoms with Gasteiger partial charge in [-0.05, 0) is 24.6 Å². The third kappa shape index (κ3) is 7.15. The van der Waals surface area contributed by atoms with Gasteiger partial charge in [-0.15, -0.1) is 12.4 Å². The summed E-state index contributed by atoms with van der Waals surface area (Å²) < 4.78 is 28.5. The molecule has 23 heavy (non-hydrogen) atoms. The number of rotatable bonds is 8. The van der Waals surface area contributed by atoms with Gasteiger partial charge in [0.1, 0.15) is 0 Å². The van der Waals surface area contributed by atoms with Crippen LogP contribution in [0.15, 0.2) is 21.5 Å². The summed E-state index contributed by atoms with van der Waals surface area (Å²) in [6.45, 7) is 3.84. The number of nitrogens with two attached hydrogens (primary N) is 1. The number of ether oxygens (including phenoxy) is 1. The second kappa shape index (κ2) is 10.2. The number of amides is 1. The summed E-state index contributed by atoms with van der Waals surface area (Å²) in [5.74, 6) is -0.350. The minimum absolute atomic E-state index is 0. The molecular weight excluding hydrogens is 410 g/mol. The average molecular weight is 431 g/mol. The number of methoxy groups -OCH3 is 1. The number of benzene rings is 1. The molecule has 0 bridgehead atoms. The maximum atomic E-state index is 12.2. The van der Waals surface area contributed by atoms with E-state index in [4.69, 9.17) is 9.88 Å². The van der Waals surface area contributed by atoms with Gasteiger partial charge in [0.2, 0.25) is 10.0 Å². The highest BCUT2D eigenvalue weighted by Gasteiger charge is 2.19. The molecular formula is C13H21BrClN3O4S. The number of hydrogen-bond donors (Lipinski definition) is 3. The molecule has 0 aliphatic rings. The first-order valence-corrected chi connectivity index (χ1v) is 8.92. The first-order valence-electron chi connectivity index (χ1n) is 6.58. The second-order valence-corrected chi connectivity index (χ2v) is 7.07. The molecule has 0 saturated heterocycles. The fourth-order valence-corrected chi connectivity index (χ4v) is 3.28. The maximum absolute atomic E-state index is 12.2. The Hall–Kier alpha value is -0.710. The van der Waals surface area contributed by atoms with Crippen LogP contribution in [0, 0.1) is 6.92 Å². The topological polar surface area (TPSA) is 111 Å². The fourth-order valence-electron chi connectivity index (χ4n) is 1.84. The zero-order valence-electron chi connectivity index (χ0n) is 12.9. The lowest BCUT2D eigenvalue weighted by atomic mass is 10.1. The minimum Gasteiger partial charge on any atom is -0.383 e. The van der Waals surface area contributed by atoms with Gasteiger partial charge >= 0.3 is 0 Å². The molecule has 1 aromatic carbocycles. The molecule has 0 fully saturated rings. The van der Waals surface area contributed by atoms with Crippen LogP contribution in [0.4, 0.5) is 0 Å². The zero-order valence-corrected chi connectivity index (χ0v) is 16.1. The SMILES string of the molecule is COCCNCCNC(=O)c1cc(Br)cc(S(N)(=O)=O)c1C.Cl. The van der Waals surface area contributed by atoms with Crippen LogP contribution in [0.1, 0.15) is 15.9 Å². The maximum Gasteiger partial charge on any atom is 0.251 e. The van der Waals surface area contributed by atoms with E-state index < -0.39 is 10.0 Å². The normalized spacial score (nSPS) is 11.0. The van der Waals surface area contributed by atoms with Gasteiger partial charge in [-0.3, -0.25) is 4.79 Å². The van der Waals surface area contributed by atoms with Crippen molar-refractivity contribution in [2.24, 2.45) is 5.14 Å². The van der Waals surface area contributed by atoms with Gasteiger partial charge in [0.25, 0.3) is 5.91 Å². The van der Waals surface area contributed by atoms with E-state index in [-0.39, 0.29) is 28.8 Å². The van der Waals surface area contributed by atoms with Crippen molar-refractivity contribution in [3.63, 3.8) is 0 Å². The van der Waals surface area contributed by atoms with E-state index in [1.54, 1.807) is 20.1 Å². The molecule has 0 heterocycles. The fraction of sp³-hybridized carbons (Fsp3) is 0.462. The van der Waals surface area contributed by atoms with Gasteiger partial charge in [-0.2, -0.15) is 0 Å². The Morgan fingerprint density at radius 2 is 1.96 bits per heavy atom. The molecule has 1 rings (SSSR count). The lowest BCUT2D eigenvalue weighted by molar-refractivity contribution is 0.0952. The van der Waals surface area contributed by atoms with Crippen LogP contribution in [0.25, 0.3) is 0 Å². The van der Waals surface area contributed by atoms with E-state index in [0.29, 0.717) is 36.3 Å². The number of hydrogen-bond acceptors (Lipinski definition) is 5. The molecule has 0 radical (unpaired) electrons. The van der Waals surface area contributed by atoms with E-state index in [1.165, 1.54) is 6.07 Å². The molecule has 0 aliphatic carbocycles. The second-order valence-electron chi connectivity index (χ2n) is 4.62. The van der Waals surface area contributed by atoms with Crippen molar-refractivity contribution in [3.05, 3.63) is 27.7 Å². The van der Waals surface area contributed by atoms with E-state index >= 15 is 0 Å². The number of halogens is 2. The zero-order chi connectivity index (χ0) is 16.8. The quantitative estimate of drug-likeness (QED) is 0.528. The summed E-state index contributed by atoms with van der Waals surface area (Å²) in [6.07, 6.45) is 0. The van der Waals surface area contributed by atoms with E-state index in [2.05, 4.69) is 26.6 Å². The van der Waals surface area contributed by atoms with Crippen molar-refractivity contribution in [1.29, 1.82) is 0 Å². The number of carbonyl (C=O) groups is 1. The number of sulfonamides is 1. The Kier molecular flexibility index (Phi) is 9.90. The third-order valence-electron chi connectivity index (χ3n) is 2.95. The summed E-state index contributed by atoms with van der Waals surface area (Å²) >= 11 is 3.19. The van der Waals surface area contributed by atoms with Gasteiger partial charge in [-0.25, -0.2) is 13.6 Å². The Bertz CT molecular complexity index is 640. The lowest BCUT2D eigenvalue weighted by Crippen LogP contribution is -2.33. The Morgan fingerprint density at radius 1 is 1.30 bits per heavy atom. The Labute approximate surface area is 150 Å². The molecule has 0 saturated carbocycles. The van der Waals surface area contributed by atoms with Crippen LogP contribution in [-0.4, -0.2) is 47.7 Å². The number of carbonyl (C=O) groups excluding carboxylic acids is 1. The monoisotopic (exact) mass is 429 g/mol. The largest absolute Gasteiger partial charge is 0.383 e. The highest BCUT2D eigenvalue weighted by atomic mass is 79.9. The summed E-state index contributed by atoms with van der Waals surface area (Å²) in [5, 5.41) is 11.0. The smallest absolute Gasteiger partial charge is 0.251 e. The molecule has 0 unspecified atom stereocenters. The van der Waals surface area contributed by atoms with E-state index in [1.807, 2.05) is 0 Å². The summed E-state index contributed by atoms with van der Waals surface area (Å²) in [4.78, 5) is 12.1. The van der Waals surface area contributed by atoms with Crippen LogP contribution in [-0.2, 0) is 14.8 Å². The first-order chi connectivity index (χ1) is 10.3. The number of nitrogens with one attached hydrogen (secondary N) is 2. The minimum atomic E-state index is -3.88. The van der Waals surface area contributed by atoms with Crippen molar-refractivity contribution in [1.82, 2.24) is 10.6 Å². The third-order valence-corrected chi connectivity index (χ3v) is 4.44. The molecule has 1 amide bonds. The van der Waals surface area contributed by atoms with E-state index in [9.17, 15) is 13.2 Å². The van der Waals surface area contributed by atoms with Crippen LogP contribution < -0.4 is 15.8 Å². The molecule has 0 aliphatic heterocycles. The van der Waals surface area contributed by atoms with Crippen molar-refractivity contribution in [3.8, 4) is 0 Å². The Balaban J connectivity index is 0.00000484. The molecule has 10 heteroatoms. The van der Waals surface area contributed by atoms with Crippen molar-refractivity contribution in [2.45, 2.75) is 11.8 Å². The van der Waals surface area contributed by atoms with Gasteiger partial charge in [0.15, 0.2) is 0 Å². The van der Waals surface area contributed by atoms with Gasteiger partial charge in [0.05, 0.1) is 11.5 Å². The Morgan fingerprint density at radius 3 is 2.52 bits per heavy atom. The van der Waals surface area contributed by atoms with Crippen LogP contribution in [0.2, 0.25) is 0 Å². The number of primary sulfonamides is 1. The molecule has 4 N–H and O–H groups in total. The first kappa shape index (κ1) is 22.3. The van der Waals surface area contributed by atoms with Gasteiger partial charge in [-0.1, -0.05) is 15.9 Å². The predicted octanol–water partition coefficient (Wildman–Crippen LogP) is 0.793. The molecule has 1 aromatic rings.